The lowest BCUT2D eigenvalue weighted by Gasteiger charge is -2.36. The van der Waals surface area contributed by atoms with Gasteiger partial charge in [0, 0.05) is 19.0 Å². The van der Waals surface area contributed by atoms with Crippen molar-refractivity contribution >= 4 is 6.09 Å². The summed E-state index contributed by atoms with van der Waals surface area (Å²) in [5, 5.41) is 18.9. The third-order valence-corrected chi connectivity index (χ3v) is 4.72. The molecule has 1 N–H and O–H groups in total. The van der Waals surface area contributed by atoms with Crippen LogP contribution in [0.3, 0.4) is 0 Å². The summed E-state index contributed by atoms with van der Waals surface area (Å²) in [4.78, 5) is 13.8. The molecule has 1 aliphatic heterocycles. The Bertz CT molecular complexity index is 754. The molecule has 1 aliphatic rings. The number of β-amino-alcohol motifs (C(OH)–C–C–N with tert-alkyl or cyclic N) is 1. The Hall–Kier alpha value is -2.41. The van der Waals surface area contributed by atoms with E-state index in [2.05, 4.69) is 22.4 Å². The quantitative estimate of drug-likeness (QED) is 0.892. The number of hydrogen-bond acceptors (Lipinski definition) is 5. The van der Waals surface area contributed by atoms with E-state index in [1.54, 1.807) is 11.1 Å². The Morgan fingerprint density at radius 2 is 2.04 bits per heavy atom. The first kappa shape index (κ1) is 19.4. The van der Waals surface area contributed by atoms with Crippen molar-refractivity contribution in [2.45, 2.75) is 57.8 Å². The molecule has 0 bridgehead atoms. The number of carbonyl (C=O) groups is 1. The second kappa shape index (κ2) is 8.08. The molecule has 3 rings (SSSR count). The van der Waals surface area contributed by atoms with E-state index < -0.39 is 11.7 Å². The number of nitrogens with zero attached hydrogens (tertiary/aromatic N) is 4. The van der Waals surface area contributed by atoms with Gasteiger partial charge in [0.25, 0.3) is 0 Å². The lowest BCUT2D eigenvalue weighted by atomic mass is 9.91. The van der Waals surface area contributed by atoms with E-state index in [0.717, 1.165) is 12.1 Å². The third-order valence-electron chi connectivity index (χ3n) is 4.72. The van der Waals surface area contributed by atoms with Crippen molar-refractivity contribution in [3.63, 3.8) is 0 Å². The highest BCUT2D eigenvalue weighted by molar-refractivity contribution is 5.68. The molecule has 0 unspecified atom stereocenters. The molecule has 2 heterocycles. The van der Waals surface area contributed by atoms with E-state index >= 15 is 0 Å². The number of carbonyl (C=O) groups excluding carboxylic acids is 1. The Labute approximate surface area is 159 Å². The zero-order valence-corrected chi connectivity index (χ0v) is 16.2. The minimum atomic E-state index is -0.666. The Kier molecular flexibility index (Phi) is 5.79. The highest BCUT2D eigenvalue weighted by Gasteiger charge is 2.35. The number of aliphatic hydroxyl groups is 1. The maximum absolute atomic E-state index is 12.2. The minimum absolute atomic E-state index is 0.0885. The number of ether oxygens (including phenoxy) is 1. The second-order valence-electron chi connectivity index (χ2n) is 8.01. The molecule has 0 spiro atoms. The number of rotatable bonds is 4. The summed E-state index contributed by atoms with van der Waals surface area (Å²) in [7, 11) is 0. The summed E-state index contributed by atoms with van der Waals surface area (Å²) >= 11 is 0. The van der Waals surface area contributed by atoms with Crippen LogP contribution in [-0.2, 0) is 17.7 Å². The largest absolute Gasteiger partial charge is 0.444 e. The SMILES string of the molecule is CC(C)(C)OC(=O)N1CC[C@H](c2cnnn2CCc2ccccc2)[C@@H](O)C1. The van der Waals surface area contributed by atoms with Crippen molar-refractivity contribution in [3.8, 4) is 0 Å². The van der Waals surface area contributed by atoms with Crippen molar-refractivity contribution in [3.05, 3.63) is 47.8 Å². The number of benzene rings is 1. The van der Waals surface area contributed by atoms with Gasteiger partial charge in [-0.1, -0.05) is 35.5 Å². The summed E-state index contributed by atoms with van der Waals surface area (Å²) < 4.78 is 7.27. The normalized spacial score (nSPS) is 20.5. The molecule has 7 heteroatoms. The molecular formula is C20H28N4O3. The van der Waals surface area contributed by atoms with Crippen LogP contribution in [0, 0.1) is 0 Å². The van der Waals surface area contributed by atoms with Crippen LogP contribution in [0.25, 0.3) is 0 Å². The van der Waals surface area contributed by atoms with Crippen LogP contribution in [0.15, 0.2) is 36.5 Å². The van der Waals surface area contributed by atoms with Gasteiger partial charge in [0.1, 0.15) is 5.60 Å². The average Bonchev–Trinajstić information content (AvgIpc) is 3.07. The van der Waals surface area contributed by atoms with Crippen LogP contribution in [0.4, 0.5) is 4.79 Å². The van der Waals surface area contributed by atoms with Gasteiger partial charge in [-0.05, 0) is 39.2 Å². The van der Waals surface area contributed by atoms with Crippen LogP contribution < -0.4 is 0 Å². The van der Waals surface area contributed by atoms with Crippen LogP contribution in [0.5, 0.6) is 0 Å². The van der Waals surface area contributed by atoms with E-state index in [1.807, 2.05) is 43.7 Å². The van der Waals surface area contributed by atoms with Gasteiger partial charge >= 0.3 is 6.09 Å². The predicted molar refractivity (Wildman–Crippen MR) is 101 cm³/mol. The van der Waals surface area contributed by atoms with E-state index in [-0.39, 0.29) is 18.6 Å². The summed E-state index contributed by atoms with van der Waals surface area (Å²) in [6.45, 7) is 7.02. The number of piperidine rings is 1. The highest BCUT2D eigenvalue weighted by atomic mass is 16.6. The number of aryl methyl sites for hydroxylation is 2. The zero-order chi connectivity index (χ0) is 19.4. The van der Waals surface area contributed by atoms with Crippen LogP contribution in [0.2, 0.25) is 0 Å². The maximum atomic E-state index is 12.2. The van der Waals surface area contributed by atoms with Crippen LogP contribution >= 0.6 is 0 Å². The number of amides is 1. The van der Waals surface area contributed by atoms with E-state index in [1.165, 1.54) is 5.56 Å². The monoisotopic (exact) mass is 372 g/mol. The van der Waals surface area contributed by atoms with E-state index in [9.17, 15) is 9.90 Å². The predicted octanol–water partition coefficient (Wildman–Crippen LogP) is 2.61. The maximum Gasteiger partial charge on any atom is 0.410 e. The summed E-state index contributed by atoms with van der Waals surface area (Å²) in [5.41, 5.74) is 1.61. The molecule has 27 heavy (non-hydrogen) atoms. The molecule has 0 saturated carbocycles. The van der Waals surface area contributed by atoms with Gasteiger partial charge in [0.05, 0.1) is 24.5 Å². The van der Waals surface area contributed by atoms with Gasteiger partial charge in [-0.25, -0.2) is 9.48 Å². The standard InChI is InChI=1S/C20H28N4O3/c1-20(2,3)27-19(26)23-11-10-16(18(25)14-23)17-13-21-22-24(17)12-9-15-7-5-4-6-8-15/h4-8,13,16,18,25H,9-12,14H2,1-3H3/t16-,18+/m1/s1. The molecule has 0 aliphatic carbocycles. The fourth-order valence-corrected chi connectivity index (χ4v) is 3.38. The number of hydrogen-bond donors (Lipinski definition) is 1. The van der Waals surface area contributed by atoms with Crippen molar-refractivity contribution in [2.24, 2.45) is 0 Å². The average molecular weight is 372 g/mol. The van der Waals surface area contributed by atoms with E-state index in [4.69, 9.17) is 4.74 Å². The Balaban J connectivity index is 1.62. The molecule has 146 valence electrons. The van der Waals surface area contributed by atoms with Gasteiger partial charge in [-0.2, -0.15) is 0 Å². The van der Waals surface area contributed by atoms with E-state index in [0.29, 0.717) is 19.5 Å². The van der Waals surface area contributed by atoms with Crippen LogP contribution in [-0.4, -0.2) is 55.9 Å². The molecular weight excluding hydrogens is 344 g/mol. The van der Waals surface area contributed by atoms with Crippen LogP contribution in [0.1, 0.15) is 44.4 Å². The molecule has 1 aromatic heterocycles. The van der Waals surface area contributed by atoms with Gasteiger partial charge in [-0.3, -0.25) is 0 Å². The lowest BCUT2D eigenvalue weighted by Crippen LogP contribution is -2.47. The van der Waals surface area contributed by atoms with Crippen molar-refractivity contribution in [1.82, 2.24) is 19.9 Å². The molecule has 2 aromatic rings. The number of aromatic nitrogens is 3. The van der Waals surface area contributed by atoms with Gasteiger partial charge < -0.3 is 14.7 Å². The highest BCUT2D eigenvalue weighted by Crippen LogP contribution is 2.29. The Morgan fingerprint density at radius 3 is 2.70 bits per heavy atom. The molecule has 1 fully saturated rings. The summed E-state index contributed by atoms with van der Waals surface area (Å²) in [5.74, 6) is -0.0885. The Morgan fingerprint density at radius 1 is 1.30 bits per heavy atom. The topological polar surface area (TPSA) is 80.5 Å². The zero-order valence-electron chi connectivity index (χ0n) is 16.2. The fraction of sp³-hybridized carbons (Fsp3) is 0.550. The lowest BCUT2D eigenvalue weighted by molar-refractivity contribution is -0.00231. The van der Waals surface area contributed by atoms with Crippen molar-refractivity contribution in [1.29, 1.82) is 0 Å². The number of aliphatic hydroxyl groups excluding tert-OH is 1. The molecule has 1 saturated heterocycles. The van der Waals surface area contributed by atoms with Crippen molar-refractivity contribution < 1.29 is 14.6 Å². The number of likely N-dealkylation sites (tertiary alicyclic amines) is 1. The van der Waals surface area contributed by atoms with Gasteiger partial charge in [-0.15, -0.1) is 5.10 Å². The second-order valence-corrected chi connectivity index (χ2v) is 8.01. The molecule has 1 amide bonds. The molecule has 1 aromatic carbocycles. The molecule has 0 radical (unpaired) electrons. The summed E-state index contributed by atoms with van der Waals surface area (Å²) in [6.07, 6.45) is 2.18. The first-order chi connectivity index (χ1) is 12.8. The summed E-state index contributed by atoms with van der Waals surface area (Å²) in [6, 6.07) is 10.2. The van der Waals surface area contributed by atoms with Gasteiger partial charge in [0.2, 0.25) is 0 Å². The molecule has 7 nitrogen and oxygen atoms in total. The smallest absolute Gasteiger partial charge is 0.410 e. The third kappa shape index (κ3) is 5.07. The van der Waals surface area contributed by atoms with Gasteiger partial charge in [0.15, 0.2) is 0 Å². The first-order valence-electron chi connectivity index (χ1n) is 9.42. The molecule has 2 atom stereocenters. The minimum Gasteiger partial charge on any atom is -0.444 e. The van der Waals surface area contributed by atoms with Crippen molar-refractivity contribution in [2.75, 3.05) is 13.1 Å². The first-order valence-corrected chi connectivity index (χ1v) is 9.42. The fourth-order valence-electron chi connectivity index (χ4n) is 3.38.